The van der Waals surface area contributed by atoms with Gasteiger partial charge in [-0.25, -0.2) is 0 Å². The number of benzene rings is 1. The molecule has 0 heterocycles. The summed E-state index contributed by atoms with van der Waals surface area (Å²) in [5, 5.41) is 2.65. The molecule has 6 heteroatoms. The molecule has 0 atom stereocenters. The van der Waals surface area contributed by atoms with Crippen LogP contribution in [0.15, 0.2) is 18.2 Å². The van der Waals surface area contributed by atoms with Gasteiger partial charge in [0.05, 0.1) is 12.0 Å². The van der Waals surface area contributed by atoms with E-state index in [1.165, 1.54) is 6.07 Å². The van der Waals surface area contributed by atoms with Crippen LogP contribution < -0.4 is 5.32 Å². The van der Waals surface area contributed by atoms with Crippen LogP contribution >= 0.6 is 22.6 Å². The van der Waals surface area contributed by atoms with Crippen molar-refractivity contribution in [1.82, 2.24) is 5.32 Å². The Kier molecular flexibility index (Phi) is 4.86. The number of carbonyl (C=O) groups excluding carboxylic acids is 1. The average molecular weight is 385 g/mol. The minimum atomic E-state index is -4.45. The third-order valence-corrected chi connectivity index (χ3v) is 2.91. The zero-order chi connectivity index (χ0) is 14.8. The van der Waals surface area contributed by atoms with Crippen LogP contribution in [0.4, 0.5) is 13.2 Å². The van der Waals surface area contributed by atoms with Crippen molar-refractivity contribution in [2.45, 2.75) is 38.9 Å². The van der Waals surface area contributed by atoms with E-state index in [2.05, 4.69) is 5.32 Å². The van der Waals surface area contributed by atoms with Crippen molar-refractivity contribution in [3.63, 3.8) is 0 Å². The van der Waals surface area contributed by atoms with Crippen LogP contribution in [0.25, 0.3) is 0 Å². The van der Waals surface area contributed by atoms with Gasteiger partial charge in [0.15, 0.2) is 0 Å². The van der Waals surface area contributed by atoms with Gasteiger partial charge in [0.1, 0.15) is 0 Å². The topological polar surface area (TPSA) is 29.1 Å². The van der Waals surface area contributed by atoms with E-state index >= 15 is 0 Å². The molecule has 0 aliphatic heterocycles. The van der Waals surface area contributed by atoms with E-state index in [0.29, 0.717) is 3.57 Å². The summed E-state index contributed by atoms with van der Waals surface area (Å²) in [6.45, 7) is 5.34. The molecular formula is C13H15F3INO. The van der Waals surface area contributed by atoms with E-state index in [-0.39, 0.29) is 12.0 Å². The van der Waals surface area contributed by atoms with Crippen molar-refractivity contribution >= 4 is 28.5 Å². The van der Waals surface area contributed by atoms with Crippen LogP contribution in [0.3, 0.4) is 0 Å². The number of hydrogen-bond acceptors (Lipinski definition) is 1. The number of amides is 1. The predicted molar refractivity (Wildman–Crippen MR) is 75.8 cm³/mol. The van der Waals surface area contributed by atoms with E-state index in [9.17, 15) is 18.0 Å². The first kappa shape index (κ1) is 16.3. The van der Waals surface area contributed by atoms with E-state index < -0.39 is 23.2 Å². The fourth-order valence-electron chi connectivity index (χ4n) is 1.60. The molecular weight excluding hydrogens is 370 g/mol. The zero-order valence-electron chi connectivity index (χ0n) is 10.9. The molecule has 0 fully saturated rings. The van der Waals surface area contributed by atoms with Crippen molar-refractivity contribution in [3.05, 3.63) is 32.9 Å². The lowest BCUT2D eigenvalue weighted by Gasteiger charge is -2.21. The third kappa shape index (κ3) is 5.38. The Hall–Kier alpha value is -0.790. The molecule has 0 saturated heterocycles. The summed E-state index contributed by atoms with van der Waals surface area (Å²) in [7, 11) is 0. The van der Waals surface area contributed by atoms with Gasteiger partial charge in [0, 0.05) is 9.11 Å². The molecule has 0 saturated carbocycles. The average Bonchev–Trinajstić information content (AvgIpc) is 2.16. The maximum Gasteiger partial charge on any atom is 0.416 e. The van der Waals surface area contributed by atoms with Crippen LogP contribution in [0.2, 0.25) is 0 Å². The summed E-state index contributed by atoms with van der Waals surface area (Å²) in [6, 6.07) is 3.97. The summed E-state index contributed by atoms with van der Waals surface area (Å²) in [5.41, 5.74) is -1.21. The van der Waals surface area contributed by atoms with Gasteiger partial charge in [-0.3, -0.25) is 4.79 Å². The van der Waals surface area contributed by atoms with Gasteiger partial charge in [-0.15, -0.1) is 0 Å². The third-order valence-electron chi connectivity index (χ3n) is 2.24. The molecule has 1 amide bonds. The van der Waals surface area contributed by atoms with Gasteiger partial charge in [-0.2, -0.15) is 13.2 Å². The highest BCUT2D eigenvalue weighted by Gasteiger charge is 2.34. The summed E-state index contributed by atoms with van der Waals surface area (Å²) in [6.07, 6.45) is -4.72. The number of hydrogen-bond donors (Lipinski definition) is 1. The number of rotatable bonds is 2. The molecule has 0 aliphatic rings. The van der Waals surface area contributed by atoms with Crippen molar-refractivity contribution in [1.29, 1.82) is 0 Å². The lowest BCUT2D eigenvalue weighted by molar-refractivity contribution is -0.138. The molecule has 0 aromatic heterocycles. The van der Waals surface area contributed by atoms with Crippen molar-refractivity contribution < 1.29 is 18.0 Å². The van der Waals surface area contributed by atoms with Gasteiger partial charge in [-0.1, -0.05) is 6.07 Å². The summed E-state index contributed by atoms with van der Waals surface area (Å²) in [5.74, 6) is -0.417. The first-order valence-corrected chi connectivity index (χ1v) is 6.73. The van der Waals surface area contributed by atoms with Crippen LogP contribution in [0.5, 0.6) is 0 Å². The Bertz CT molecular complexity index is 478. The second-order valence-corrected chi connectivity index (χ2v) is 6.52. The van der Waals surface area contributed by atoms with Crippen LogP contribution in [-0.2, 0) is 17.4 Å². The monoisotopic (exact) mass is 385 g/mol. The number of nitrogens with one attached hydrogen (secondary N) is 1. The molecule has 2 nitrogen and oxygen atoms in total. The lowest BCUT2D eigenvalue weighted by atomic mass is 10.0. The normalized spacial score (nSPS) is 12.4. The van der Waals surface area contributed by atoms with Gasteiger partial charge >= 0.3 is 6.18 Å². The first-order valence-electron chi connectivity index (χ1n) is 5.66. The minimum Gasteiger partial charge on any atom is -0.351 e. The quantitative estimate of drug-likeness (QED) is 0.772. The van der Waals surface area contributed by atoms with Gasteiger partial charge in [-0.05, 0) is 61.1 Å². The van der Waals surface area contributed by atoms with Crippen molar-refractivity contribution in [2.75, 3.05) is 0 Å². The molecule has 0 spiro atoms. The summed E-state index contributed by atoms with van der Waals surface area (Å²) in [4.78, 5) is 11.7. The largest absolute Gasteiger partial charge is 0.416 e. The zero-order valence-corrected chi connectivity index (χ0v) is 13.0. The Balaban J connectivity index is 2.99. The van der Waals surface area contributed by atoms with E-state index in [1.807, 2.05) is 22.6 Å². The van der Waals surface area contributed by atoms with E-state index in [0.717, 1.165) is 6.07 Å². The molecule has 0 bridgehead atoms. The molecule has 1 aromatic carbocycles. The molecule has 19 heavy (non-hydrogen) atoms. The predicted octanol–water partition coefficient (Wildman–Crippen LogP) is 3.77. The van der Waals surface area contributed by atoms with Gasteiger partial charge in [0.25, 0.3) is 0 Å². The highest BCUT2D eigenvalue weighted by Crippen LogP contribution is 2.33. The Morgan fingerprint density at radius 1 is 1.26 bits per heavy atom. The molecule has 1 N–H and O–H groups in total. The van der Waals surface area contributed by atoms with Crippen LogP contribution in [-0.4, -0.2) is 11.4 Å². The highest BCUT2D eigenvalue weighted by molar-refractivity contribution is 14.1. The lowest BCUT2D eigenvalue weighted by Crippen LogP contribution is -2.41. The first-order chi connectivity index (χ1) is 8.49. The summed E-state index contributed by atoms with van der Waals surface area (Å²) >= 11 is 1.82. The maximum atomic E-state index is 12.9. The molecule has 1 aromatic rings. The molecule has 0 unspecified atom stereocenters. The SMILES string of the molecule is CC(C)(C)NC(=O)Cc1ccc(I)cc1C(F)(F)F. The summed E-state index contributed by atoms with van der Waals surface area (Å²) < 4.78 is 39.1. The van der Waals surface area contributed by atoms with E-state index in [4.69, 9.17) is 0 Å². The fraction of sp³-hybridized carbons (Fsp3) is 0.462. The second-order valence-electron chi connectivity index (χ2n) is 5.27. The Morgan fingerprint density at radius 3 is 2.32 bits per heavy atom. The maximum absolute atomic E-state index is 12.9. The minimum absolute atomic E-state index is 0.00494. The van der Waals surface area contributed by atoms with Gasteiger partial charge in [0.2, 0.25) is 5.91 Å². The fourth-order valence-corrected chi connectivity index (χ4v) is 2.09. The Labute approximate surface area is 123 Å². The van der Waals surface area contributed by atoms with Crippen molar-refractivity contribution in [2.24, 2.45) is 0 Å². The standard InChI is InChI=1S/C13H15F3INO/c1-12(2,3)18-11(19)6-8-4-5-9(17)7-10(8)13(14,15)16/h4-5,7H,6H2,1-3H3,(H,18,19). The molecule has 1 rings (SSSR count). The van der Waals surface area contributed by atoms with Crippen molar-refractivity contribution in [3.8, 4) is 0 Å². The number of halogens is 4. The van der Waals surface area contributed by atoms with Crippen LogP contribution in [0, 0.1) is 3.57 Å². The molecule has 106 valence electrons. The van der Waals surface area contributed by atoms with Crippen LogP contribution in [0.1, 0.15) is 31.9 Å². The number of carbonyl (C=O) groups is 1. The molecule has 0 radical (unpaired) electrons. The Morgan fingerprint density at radius 2 is 1.84 bits per heavy atom. The smallest absolute Gasteiger partial charge is 0.351 e. The number of alkyl halides is 3. The van der Waals surface area contributed by atoms with E-state index in [1.54, 1.807) is 26.8 Å². The second kappa shape index (κ2) is 5.68. The van der Waals surface area contributed by atoms with Gasteiger partial charge < -0.3 is 5.32 Å². The highest BCUT2D eigenvalue weighted by atomic mass is 127. The molecule has 0 aliphatic carbocycles.